The highest BCUT2D eigenvalue weighted by Gasteiger charge is 2.39. The fraction of sp³-hybridized carbons (Fsp3) is 0.364. The van der Waals surface area contributed by atoms with Gasteiger partial charge in [-0.3, -0.25) is 14.6 Å². The van der Waals surface area contributed by atoms with Crippen LogP contribution in [0.4, 0.5) is 39.5 Å². The number of carboxylic acids is 3. The first kappa shape index (κ1) is 36.3. The van der Waals surface area contributed by atoms with Crippen LogP contribution in [-0.2, 0) is 40.6 Å². The van der Waals surface area contributed by atoms with E-state index in [4.69, 9.17) is 34.7 Å². The molecule has 4 heterocycles. The van der Waals surface area contributed by atoms with E-state index in [1.807, 2.05) is 35.3 Å². The van der Waals surface area contributed by atoms with E-state index in [-0.39, 0.29) is 0 Å². The lowest BCUT2D eigenvalue weighted by atomic mass is 10.3. The zero-order chi connectivity index (χ0) is 33.0. The average Bonchev–Trinajstić information content (AvgIpc) is 3.53. The number of alkyl halides is 9. The molecule has 21 heteroatoms. The summed E-state index contributed by atoms with van der Waals surface area (Å²) in [6.07, 6.45) is -7.49. The number of carbonyl (C=O) groups is 3. The summed E-state index contributed by atoms with van der Waals surface area (Å²) in [5.74, 6) is -7.14. The number of hydrogen-bond donors (Lipinski definition) is 3. The van der Waals surface area contributed by atoms with Crippen LogP contribution >= 0.6 is 0 Å². The van der Waals surface area contributed by atoms with Gasteiger partial charge >= 0.3 is 36.4 Å². The molecule has 0 bridgehead atoms. The van der Waals surface area contributed by atoms with Crippen LogP contribution in [0.2, 0.25) is 0 Å². The van der Waals surface area contributed by atoms with Crippen molar-refractivity contribution in [2.24, 2.45) is 0 Å². The first-order valence-electron chi connectivity index (χ1n) is 11.2. The standard InChI is InChI=1S/C16H18N6.3C2HF3O2/c1-2-5-17-14(4-1)10-20-8-9-21-11-15(19-16(21)13-20)12-22-7-3-6-18-22;3*3-2(4,5)1(6)7/h1-7,11H,8-10,12-13H2;3*(H,6,7). The van der Waals surface area contributed by atoms with Crippen LogP contribution < -0.4 is 0 Å². The Kier molecular flexibility index (Phi) is 13.1. The maximum absolute atomic E-state index is 10.6. The van der Waals surface area contributed by atoms with Crippen LogP contribution in [0.25, 0.3) is 0 Å². The highest BCUT2D eigenvalue weighted by Crippen LogP contribution is 2.16. The van der Waals surface area contributed by atoms with Gasteiger partial charge in [0.1, 0.15) is 5.82 Å². The summed E-state index contributed by atoms with van der Waals surface area (Å²) < 4.78 is 99.4. The lowest BCUT2D eigenvalue weighted by Crippen LogP contribution is -2.33. The molecule has 0 spiro atoms. The molecule has 0 radical (unpaired) electrons. The molecule has 0 aromatic carbocycles. The van der Waals surface area contributed by atoms with Crippen LogP contribution in [0.3, 0.4) is 0 Å². The van der Waals surface area contributed by atoms with Crippen LogP contribution in [0.5, 0.6) is 0 Å². The van der Waals surface area contributed by atoms with E-state index in [9.17, 15) is 39.5 Å². The van der Waals surface area contributed by atoms with Crippen molar-refractivity contribution in [2.75, 3.05) is 6.54 Å². The summed E-state index contributed by atoms with van der Waals surface area (Å²) in [6.45, 7) is 4.49. The molecule has 238 valence electrons. The molecular weight excluding hydrogens is 615 g/mol. The van der Waals surface area contributed by atoms with Gasteiger partial charge in [0.25, 0.3) is 0 Å². The topological polar surface area (TPSA) is 164 Å². The summed E-state index contributed by atoms with van der Waals surface area (Å²) >= 11 is 0. The molecule has 0 aliphatic carbocycles. The molecule has 3 aromatic rings. The van der Waals surface area contributed by atoms with Gasteiger partial charge in [-0.05, 0) is 18.2 Å². The lowest BCUT2D eigenvalue weighted by molar-refractivity contribution is -0.193. The number of carboxylic acid groups (broad SMARTS) is 3. The molecule has 12 nitrogen and oxygen atoms in total. The number of aliphatic carboxylic acids is 3. The van der Waals surface area contributed by atoms with Gasteiger partial charge in [0, 0.05) is 44.4 Å². The van der Waals surface area contributed by atoms with Crippen molar-refractivity contribution in [1.29, 1.82) is 0 Å². The van der Waals surface area contributed by atoms with Gasteiger partial charge in [0.2, 0.25) is 0 Å². The number of nitrogens with zero attached hydrogens (tertiary/aromatic N) is 6. The van der Waals surface area contributed by atoms with Crippen LogP contribution in [0, 0.1) is 0 Å². The third kappa shape index (κ3) is 14.2. The quantitative estimate of drug-likeness (QED) is 0.362. The second-order valence-corrected chi connectivity index (χ2v) is 7.99. The molecule has 0 amide bonds. The zero-order valence-electron chi connectivity index (χ0n) is 21.3. The Bertz CT molecular complexity index is 1250. The minimum atomic E-state index is -5.08. The van der Waals surface area contributed by atoms with Crippen molar-refractivity contribution in [2.45, 2.75) is 44.7 Å². The molecule has 4 rings (SSSR count). The Morgan fingerprint density at radius 3 is 1.70 bits per heavy atom. The Balaban J connectivity index is 0.000000363. The minimum absolute atomic E-state index is 0.729. The highest BCUT2D eigenvalue weighted by atomic mass is 19.4. The van der Waals surface area contributed by atoms with E-state index < -0.39 is 36.4 Å². The third-order valence-corrected chi connectivity index (χ3v) is 4.65. The summed E-state index contributed by atoms with van der Waals surface area (Å²) in [6, 6.07) is 8.00. The number of pyridine rings is 1. The monoisotopic (exact) mass is 636 g/mol. The normalized spacial score (nSPS) is 13.1. The molecule has 0 unspecified atom stereocenters. The first-order valence-corrected chi connectivity index (χ1v) is 11.2. The van der Waals surface area contributed by atoms with Crippen LogP contribution in [0.1, 0.15) is 17.2 Å². The summed E-state index contributed by atoms with van der Waals surface area (Å²) in [7, 11) is 0. The second kappa shape index (κ2) is 15.5. The number of hydrogen-bond acceptors (Lipinski definition) is 7. The van der Waals surface area contributed by atoms with E-state index in [1.54, 1.807) is 6.20 Å². The molecule has 0 saturated carbocycles. The van der Waals surface area contributed by atoms with Gasteiger partial charge in [-0.25, -0.2) is 19.4 Å². The number of aromatic nitrogens is 5. The smallest absolute Gasteiger partial charge is 0.475 e. The molecule has 1 aliphatic rings. The van der Waals surface area contributed by atoms with Crippen molar-refractivity contribution >= 4 is 17.9 Å². The van der Waals surface area contributed by atoms with Crippen molar-refractivity contribution in [1.82, 2.24) is 29.2 Å². The first-order chi connectivity index (χ1) is 19.7. The zero-order valence-corrected chi connectivity index (χ0v) is 21.3. The molecular formula is C22H21F9N6O6. The third-order valence-electron chi connectivity index (χ3n) is 4.65. The molecule has 3 N–H and O–H groups in total. The van der Waals surface area contributed by atoms with Gasteiger partial charge in [0.05, 0.1) is 24.5 Å². The van der Waals surface area contributed by atoms with Gasteiger partial charge in [-0.1, -0.05) is 6.07 Å². The minimum Gasteiger partial charge on any atom is -0.475 e. The van der Waals surface area contributed by atoms with Crippen molar-refractivity contribution < 1.29 is 69.2 Å². The number of fused-ring (bicyclic) bond motifs is 1. The van der Waals surface area contributed by atoms with Crippen molar-refractivity contribution in [3.63, 3.8) is 0 Å². The molecule has 0 saturated heterocycles. The van der Waals surface area contributed by atoms with Gasteiger partial charge < -0.3 is 19.9 Å². The molecule has 43 heavy (non-hydrogen) atoms. The fourth-order valence-corrected chi connectivity index (χ4v) is 2.85. The van der Waals surface area contributed by atoms with Crippen LogP contribution in [0.15, 0.2) is 49.1 Å². The van der Waals surface area contributed by atoms with Crippen molar-refractivity contribution in [3.8, 4) is 0 Å². The Labute approximate surface area is 234 Å². The van der Waals surface area contributed by atoms with E-state index in [1.165, 1.54) is 0 Å². The predicted molar refractivity (Wildman–Crippen MR) is 123 cm³/mol. The largest absolute Gasteiger partial charge is 0.490 e. The summed E-state index contributed by atoms with van der Waals surface area (Å²) in [4.78, 5) is 38.2. The lowest BCUT2D eigenvalue weighted by Gasteiger charge is -2.27. The second-order valence-electron chi connectivity index (χ2n) is 7.99. The molecule has 3 aromatic heterocycles. The fourth-order valence-electron chi connectivity index (χ4n) is 2.85. The predicted octanol–water partition coefficient (Wildman–Crippen LogP) is 3.44. The van der Waals surface area contributed by atoms with Crippen molar-refractivity contribution in [3.05, 3.63) is 66.3 Å². The summed E-state index contributed by atoms with van der Waals surface area (Å²) in [5.41, 5.74) is 2.18. The Morgan fingerprint density at radius 2 is 1.28 bits per heavy atom. The van der Waals surface area contributed by atoms with E-state index in [0.29, 0.717) is 0 Å². The number of imidazole rings is 1. The van der Waals surface area contributed by atoms with Gasteiger partial charge in [-0.15, -0.1) is 0 Å². The maximum atomic E-state index is 10.6. The van der Waals surface area contributed by atoms with Gasteiger partial charge in [-0.2, -0.15) is 44.6 Å². The number of halogens is 9. The summed E-state index contributed by atoms with van der Waals surface area (Å²) in [5, 5.41) is 25.6. The van der Waals surface area contributed by atoms with Crippen LogP contribution in [-0.4, -0.2) is 87.5 Å². The molecule has 0 fully saturated rings. The highest BCUT2D eigenvalue weighted by molar-refractivity contribution is 5.73. The Morgan fingerprint density at radius 1 is 0.744 bits per heavy atom. The van der Waals surface area contributed by atoms with Gasteiger partial charge in [0.15, 0.2) is 0 Å². The molecule has 1 aliphatic heterocycles. The van der Waals surface area contributed by atoms with E-state index >= 15 is 0 Å². The van der Waals surface area contributed by atoms with E-state index in [0.717, 1.165) is 49.9 Å². The molecule has 0 atom stereocenters. The maximum Gasteiger partial charge on any atom is 0.490 e. The SMILES string of the molecule is O=C(O)C(F)(F)F.O=C(O)C(F)(F)F.O=C(O)C(F)(F)F.c1ccc(CN2CCn3cc(Cn4cccn4)nc3C2)nc1. The Hall–Kier alpha value is -4.69. The van der Waals surface area contributed by atoms with E-state index in [2.05, 4.69) is 31.8 Å². The number of rotatable bonds is 4. The average molecular weight is 636 g/mol.